The Morgan fingerprint density at radius 1 is 1.44 bits per heavy atom. The van der Waals surface area contributed by atoms with Crippen molar-refractivity contribution < 1.29 is 9.90 Å². The Balaban J connectivity index is 2.11. The smallest absolute Gasteiger partial charge is 0.254 e. The molecule has 0 spiro atoms. The fourth-order valence-electron chi connectivity index (χ4n) is 2.19. The van der Waals surface area contributed by atoms with Gasteiger partial charge in [0.15, 0.2) is 0 Å². The zero-order valence-corrected chi connectivity index (χ0v) is 11.3. The van der Waals surface area contributed by atoms with Crippen LogP contribution >= 0.6 is 12.6 Å². The molecule has 1 N–H and O–H groups in total. The first kappa shape index (κ1) is 13.4. The molecule has 18 heavy (non-hydrogen) atoms. The van der Waals surface area contributed by atoms with Gasteiger partial charge in [0.2, 0.25) is 0 Å². The van der Waals surface area contributed by atoms with E-state index in [4.69, 9.17) is 5.11 Å². The van der Waals surface area contributed by atoms with E-state index in [1.54, 1.807) is 6.07 Å². The summed E-state index contributed by atoms with van der Waals surface area (Å²) in [6, 6.07) is 7.69. The third kappa shape index (κ3) is 3.06. The van der Waals surface area contributed by atoms with E-state index in [-0.39, 0.29) is 12.5 Å². The molecule has 2 rings (SSSR count). The lowest BCUT2D eigenvalue weighted by Crippen LogP contribution is -2.44. The van der Waals surface area contributed by atoms with Crippen LogP contribution in [0.25, 0.3) is 0 Å². The highest BCUT2D eigenvalue weighted by Crippen LogP contribution is 2.26. The van der Waals surface area contributed by atoms with Gasteiger partial charge in [-0.2, -0.15) is 0 Å². The number of hydrogen-bond acceptors (Lipinski definition) is 3. The lowest BCUT2D eigenvalue weighted by molar-refractivity contribution is 0.0562. The van der Waals surface area contributed by atoms with Crippen LogP contribution in [0, 0.1) is 0 Å². The summed E-state index contributed by atoms with van der Waals surface area (Å²) in [6.45, 7) is 0.764. The molecule has 1 aliphatic carbocycles. The highest BCUT2D eigenvalue weighted by Gasteiger charge is 2.28. The third-order valence-corrected chi connectivity index (χ3v) is 3.70. The molecule has 1 fully saturated rings. The number of carbonyl (C=O) groups excluding carboxylic acids is 1. The van der Waals surface area contributed by atoms with Crippen molar-refractivity contribution in [2.75, 3.05) is 13.2 Å². The predicted octanol–water partition coefficient (Wildman–Crippen LogP) is 2.35. The maximum atomic E-state index is 12.4. The molecule has 1 saturated carbocycles. The fourth-order valence-corrected chi connectivity index (χ4v) is 2.42. The Morgan fingerprint density at radius 3 is 2.78 bits per heavy atom. The fraction of sp³-hybridized carbons (Fsp3) is 0.500. The summed E-state index contributed by atoms with van der Waals surface area (Å²) < 4.78 is 0. The normalized spacial score (nSPS) is 15.2. The van der Waals surface area contributed by atoms with E-state index in [1.807, 2.05) is 23.1 Å². The summed E-state index contributed by atoms with van der Waals surface area (Å²) in [5, 5.41) is 8.93. The number of nitrogens with zero attached hydrogens (tertiary/aromatic N) is 1. The van der Waals surface area contributed by atoms with E-state index in [1.165, 1.54) is 6.42 Å². The molecule has 3 nitrogen and oxygen atoms in total. The van der Waals surface area contributed by atoms with Gasteiger partial charge in [-0.05, 0) is 43.9 Å². The highest BCUT2D eigenvalue weighted by molar-refractivity contribution is 7.80. The summed E-state index contributed by atoms with van der Waals surface area (Å²) in [7, 11) is 0. The monoisotopic (exact) mass is 265 g/mol. The Labute approximate surface area is 113 Å². The van der Waals surface area contributed by atoms with E-state index in [2.05, 4.69) is 12.6 Å². The first-order valence-corrected chi connectivity index (χ1v) is 6.88. The summed E-state index contributed by atoms with van der Waals surface area (Å²) in [5.74, 6) is 0.0593. The molecule has 0 radical (unpaired) electrons. The molecular weight excluding hydrogens is 246 g/mol. The Hall–Kier alpha value is -1.00. The van der Waals surface area contributed by atoms with Crippen LogP contribution in [0.4, 0.5) is 0 Å². The van der Waals surface area contributed by atoms with Crippen molar-refractivity contribution in [1.82, 2.24) is 4.90 Å². The second-order valence-corrected chi connectivity index (χ2v) is 5.23. The number of thiol groups is 1. The maximum Gasteiger partial charge on any atom is 0.254 e. The van der Waals surface area contributed by atoms with Gasteiger partial charge in [-0.1, -0.05) is 6.07 Å². The van der Waals surface area contributed by atoms with Gasteiger partial charge < -0.3 is 10.0 Å². The number of carbonyl (C=O) groups is 1. The average Bonchev–Trinajstić information content (AvgIpc) is 2.31. The summed E-state index contributed by atoms with van der Waals surface area (Å²) in [4.78, 5) is 15.2. The van der Waals surface area contributed by atoms with Crippen LogP contribution in [0.15, 0.2) is 29.2 Å². The van der Waals surface area contributed by atoms with Crippen molar-refractivity contribution in [2.45, 2.75) is 36.6 Å². The standard InChI is InChI=1S/C14H19NO2S/c16-9-3-8-15(12-5-2-6-12)14(17)11-4-1-7-13(18)10-11/h1,4,7,10,12,16,18H,2-3,5-6,8-9H2. The molecule has 4 heteroatoms. The molecule has 1 aromatic carbocycles. The molecule has 0 atom stereocenters. The number of aliphatic hydroxyl groups excluding tert-OH is 1. The molecule has 1 amide bonds. The van der Waals surface area contributed by atoms with Gasteiger partial charge in [-0.25, -0.2) is 0 Å². The van der Waals surface area contributed by atoms with Gasteiger partial charge in [0, 0.05) is 29.7 Å². The minimum Gasteiger partial charge on any atom is -0.396 e. The molecule has 0 aliphatic heterocycles. The van der Waals surface area contributed by atoms with E-state index in [0.29, 0.717) is 24.6 Å². The van der Waals surface area contributed by atoms with Crippen molar-refractivity contribution in [2.24, 2.45) is 0 Å². The third-order valence-electron chi connectivity index (χ3n) is 3.43. The van der Waals surface area contributed by atoms with Crippen molar-refractivity contribution in [3.63, 3.8) is 0 Å². The molecule has 1 aliphatic rings. The van der Waals surface area contributed by atoms with Crippen LogP contribution in [-0.4, -0.2) is 35.1 Å². The van der Waals surface area contributed by atoms with Crippen LogP contribution in [-0.2, 0) is 0 Å². The van der Waals surface area contributed by atoms with Gasteiger partial charge in [0.1, 0.15) is 0 Å². The van der Waals surface area contributed by atoms with Crippen molar-refractivity contribution in [3.05, 3.63) is 29.8 Å². The zero-order chi connectivity index (χ0) is 13.0. The van der Waals surface area contributed by atoms with E-state index < -0.39 is 0 Å². The minimum atomic E-state index is 0.0593. The van der Waals surface area contributed by atoms with Crippen LogP contribution in [0.2, 0.25) is 0 Å². The largest absolute Gasteiger partial charge is 0.396 e. The van der Waals surface area contributed by atoms with Crippen molar-refractivity contribution >= 4 is 18.5 Å². The Kier molecular flexibility index (Phi) is 4.66. The van der Waals surface area contributed by atoms with E-state index in [0.717, 1.165) is 17.7 Å². The van der Waals surface area contributed by atoms with Gasteiger partial charge in [0.25, 0.3) is 5.91 Å². The van der Waals surface area contributed by atoms with Gasteiger partial charge in [-0.15, -0.1) is 12.6 Å². The Bertz CT molecular complexity index is 418. The summed E-state index contributed by atoms with van der Waals surface area (Å²) in [6.07, 6.45) is 4.00. The topological polar surface area (TPSA) is 40.5 Å². The van der Waals surface area contributed by atoms with E-state index >= 15 is 0 Å². The second kappa shape index (κ2) is 6.25. The summed E-state index contributed by atoms with van der Waals surface area (Å²) >= 11 is 4.27. The number of benzene rings is 1. The highest BCUT2D eigenvalue weighted by atomic mass is 32.1. The van der Waals surface area contributed by atoms with Crippen LogP contribution in [0.5, 0.6) is 0 Å². The van der Waals surface area contributed by atoms with Gasteiger partial charge in [0.05, 0.1) is 0 Å². The minimum absolute atomic E-state index is 0.0593. The zero-order valence-electron chi connectivity index (χ0n) is 10.4. The Morgan fingerprint density at radius 2 is 2.22 bits per heavy atom. The molecule has 98 valence electrons. The van der Waals surface area contributed by atoms with Crippen LogP contribution in [0.1, 0.15) is 36.0 Å². The second-order valence-electron chi connectivity index (χ2n) is 4.71. The number of hydrogen-bond donors (Lipinski definition) is 2. The number of rotatable bonds is 5. The number of aliphatic hydroxyl groups is 1. The lowest BCUT2D eigenvalue weighted by atomic mass is 9.91. The molecule has 1 aromatic rings. The first-order valence-electron chi connectivity index (χ1n) is 6.43. The lowest BCUT2D eigenvalue weighted by Gasteiger charge is -2.37. The van der Waals surface area contributed by atoms with Crippen molar-refractivity contribution in [3.8, 4) is 0 Å². The molecule has 0 bridgehead atoms. The molecule has 0 saturated heterocycles. The number of amides is 1. The molecule has 0 aromatic heterocycles. The van der Waals surface area contributed by atoms with Crippen molar-refractivity contribution in [1.29, 1.82) is 0 Å². The SMILES string of the molecule is O=C(c1cccc(S)c1)N(CCCO)C1CCC1. The quantitative estimate of drug-likeness (QED) is 0.802. The predicted molar refractivity (Wildman–Crippen MR) is 74.1 cm³/mol. The molecule has 0 heterocycles. The van der Waals surface area contributed by atoms with Gasteiger partial charge >= 0.3 is 0 Å². The average molecular weight is 265 g/mol. The van der Waals surface area contributed by atoms with Crippen LogP contribution < -0.4 is 0 Å². The summed E-state index contributed by atoms with van der Waals surface area (Å²) in [5.41, 5.74) is 0.687. The molecule has 0 unspecified atom stereocenters. The van der Waals surface area contributed by atoms with Crippen LogP contribution in [0.3, 0.4) is 0 Å². The maximum absolute atomic E-state index is 12.4. The first-order chi connectivity index (χ1) is 8.72. The van der Waals surface area contributed by atoms with E-state index in [9.17, 15) is 4.79 Å². The molecular formula is C14H19NO2S. The van der Waals surface area contributed by atoms with Gasteiger partial charge in [-0.3, -0.25) is 4.79 Å².